The van der Waals surface area contributed by atoms with Crippen LogP contribution in [0.25, 0.3) is 22.5 Å². The maximum absolute atomic E-state index is 13.2. The van der Waals surface area contributed by atoms with Crippen LogP contribution in [0.4, 0.5) is 5.69 Å². The van der Waals surface area contributed by atoms with E-state index in [0.717, 1.165) is 16.7 Å². The van der Waals surface area contributed by atoms with Gasteiger partial charge in [-0.15, -0.1) is 0 Å². The first-order valence-corrected chi connectivity index (χ1v) is 9.53. The number of hydrogen-bond acceptors (Lipinski definition) is 5. The summed E-state index contributed by atoms with van der Waals surface area (Å²) < 4.78 is 17.1. The van der Waals surface area contributed by atoms with Gasteiger partial charge in [0.2, 0.25) is 16.9 Å². The van der Waals surface area contributed by atoms with Crippen LogP contribution >= 0.6 is 0 Å². The molecule has 4 rings (SSSR count). The molecule has 0 saturated heterocycles. The fourth-order valence-corrected chi connectivity index (χ4v) is 3.31. The van der Waals surface area contributed by atoms with Crippen LogP contribution in [0.1, 0.15) is 16.7 Å². The molecule has 0 fully saturated rings. The third-order valence-corrected chi connectivity index (χ3v) is 4.71. The van der Waals surface area contributed by atoms with Crippen molar-refractivity contribution in [2.75, 3.05) is 11.9 Å². The highest BCUT2D eigenvalue weighted by Gasteiger charge is 2.21. The van der Waals surface area contributed by atoms with E-state index < -0.39 is 0 Å². The Morgan fingerprint density at radius 3 is 2.50 bits per heavy atom. The molecule has 30 heavy (non-hydrogen) atoms. The molecule has 6 nitrogen and oxygen atoms in total. The predicted octanol–water partition coefficient (Wildman–Crippen LogP) is 5.00. The minimum atomic E-state index is -0.385. The van der Waals surface area contributed by atoms with Crippen molar-refractivity contribution in [2.45, 2.75) is 20.8 Å². The zero-order valence-electron chi connectivity index (χ0n) is 16.9. The molecule has 1 amide bonds. The van der Waals surface area contributed by atoms with Gasteiger partial charge in [0.25, 0.3) is 5.91 Å². The molecular weight excluding hydrogens is 382 g/mol. The highest BCUT2D eigenvalue weighted by Crippen LogP contribution is 2.32. The molecular formula is C24H21NO5. The summed E-state index contributed by atoms with van der Waals surface area (Å²) in [5.74, 6) is 0.0705. The first-order chi connectivity index (χ1) is 14.4. The van der Waals surface area contributed by atoms with Gasteiger partial charge in [-0.1, -0.05) is 23.8 Å². The number of amides is 1. The van der Waals surface area contributed by atoms with Crippen LogP contribution in [0.2, 0.25) is 0 Å². The van der Waals surface area contributed by atoms with Crippen molar-refractivity contribution >= 4 is 22.6 Å². The average molecular weight is 403 g/mol. The Kier molecular flexibility index (Phi) is 5.14. The molecule has 152 valence electrons. The van der Waals surface area contributed by atoms with Crippen LogP contribution in [0.3, 0.4) is 0 Å². The minimum Gasteiger partial charge on any atom is -0.476 e. The molecule has 0 saturated carbocycles. The predicted molar refractivity (Wildman–Crippen MR) is 115 cm³/mol. The number of ether oxygens (including phenoxy) is 1. The van der Waals surface area contributed by atoms with Gasteiger partial charge in [-0.25, -0.2) is 0 Å². The van der Waals surface area contributed by atoms with Crippen LogP contribution in [-0.2, 0) is 4.79 Å². The summed E-state index contributed by atoms with van der Waals surface area (Å²) in [7, 11) is 0. The van der Waals surface area contributed by atoms with Crippen molar-refractivity contribution in [1.82, 2.24) is 0 Å². The van der Waals surface area contributed by atoms with E-state index in [9.17, 15) is 9.59 Å². The smallest absolute Gasteiger partial charge is 0.262 e. The molecule has 0 atom stereocenters. The Hall–Kier alpha value is -3.80. The molecule has 4 aromatic rings. The SMILES string of the molecule is Cc1ccc(NC(=O)COc2c(-c3ccco3)oc3c(C)cc(C)cc3c2=O)cc1. The topological polar surface area (TPSA) is 81.7 Å². The first-order valence-electron chi connectivity index (χ1n) is 9.53. The summed E-state index contributed by atoms with van der Waals surface area (Å²) in [4.78, 5) is 25.6. The molecule has 0 aliphatic heterocycles. The Morgan fingerprint density at radius 1 is 1.03 bits per heavy atom. The van der Waals surface area contributed by atoms with E-state index in [1.54, 1.807) is 30.3 Å². The lowest BCUT2D eigenvalue weighted by Gasteiger charge is -2.12. The fraction of sp³-hybridized carbons (Fsp3) is 0.167. The lowest BCUT2D eigenvalue weighted by atomic mass is 10.1. The third-order valence-electron chi connectivity index (χ3n) is 4.71. The van der Waals surface area contributed by atoms with Gasteiger partial charge < -0.3 is 18.9 Å². The van der Waals surface area contributed by atoms with Crippen molar-refractivity contribution in [3.05, 3.63) is 81.7 Å². The van der Waals surface area contributed by atoms with E-state index in [1.807, 2.05) is 39.0 Å². The van der Waals surface area contributed by atoms with E-state index in [-0.39, 0.29) is 29.5 Å². The van der Waals surface area contributed by atoms with Gasteiger partial charge in [0.1, 0.15) is 5.58 Å². The number of benzene rings is 2. The first kappa shape index (κ1) is 19.5. The van der Waals surface area contributed by atoms with E-state index in [2.05, 4.69) is 5.32 Å². The maximum atomic E-state index is 13.2. The van der Waals surface area contributed by atoms with Crippen molar-refractivity contribution < 1.29 is 18.4 Å². The number of aryl methyl sites for hydroxylation is 3. The van der Waals surface area contributed by atoms with Crippen molar-refractivity contribution in [3.8, 4) is 17.3 Å². The molecule has 0 spiro atoms. The third kappa shape index (κ3) is 3.85. The fourth-order valence-electron chi connectivity index (χ4n) is 3.31. The second-order valence-electron chi connectivity index (χ2n) is 7.23. The summed E-state index contributed by atoms with van der Waals surface area (Å²) in [6.45, 7) is 5.40. The molecule has 0 bridgehead atoms. The zero-order chi connectivity index (χ0) is 21.3. The number of rotatable bonds is 5. The summed E-state index contributed by atoms with van der Waals surface area (Å²) in [5, 5.41) is 3.15. The number of carbonyl (C=O) groups excluding carboxylic acids is 1. The summed E-state index contributed by atoms with van der Waals surface area (Å²) in [6.07, 6.45) is 1.48. The molecule has 2 heterocycles. The van der Waals surface area contributed by atoms with Crippen LogP contribution in [-0.4, -0.2) is 12.5 Å². The van der Waals surface area contributed by atoms with Crippen LogP contribution in [0, 0.1) is 20.8 Å². The highest BCUT2D eigenvalue weighted by atomic mass is 16.5. The van der Waals surface area contributed by atoms with Crippen LogP contribution in [0.5, 0.6) is 5.75 Å². The Labute approximate surface area is 173 Å². The van der Waals surface area contributed by atoms with Gasteiger partial charge in [0, 0.05) is 5.69 Å². The van der Waals surface area contributed by atoms with Gasteiger partial charge >= 0.3 is 0 Å². The van der Waals surface area contributed by atoms with E-state index >= 15 is 0 Å². The van der Waals surface area contributed by atoms with Gasteiger partial charge in [-0.3, -0.25) is 9.59 Å². The highest BCUT2D eigenvalue weighted by molar-refractivity contribution is 5.92. The standard InChI is InChI=1S/C24H21NO5/c1-14-6-8-17(9-7-14)25-20(26)13-29-24-21(27)18-12-15(2)11-16(3)22(18)30-23(24)19-5-4-10-28-19/h4-12H,13H2,1-3H3,(H,25,26). The number of furan rings is 1. The number of fused-ring (bicyclic) bond motifs is 1. The molecule has 0 unspecified atom stereocenters. The van der Waals surface area contributed by atoms with E-state index in [4.69, 9.17) is 13.6 Å². The molecule has 1 N–H and O–H groups in total. The second-order valence-corrected chi connectivity index (χ2v) is 7.23. The Balaban J connectivity index is 1.69. The summed E-state index contributed by atoms with van der Waals surface area (Å²) >= 11 is 0. The van der Waals surface area contributed by atoms with E-state index in [1.165, 1.54) is 6.26 Å². The van der Waals surface area contributed by atoms with Gasteiger partial charge in [-0.2, -0.15) is 0 Å². The second kappa shape index (κ2) is 7.91. The summed E-state index contributed by atoms with van der Waals surface area (Å²) in [6, 6.07) is 14.4. The molecule has 2 aromatic carbocycles. The van der Waals surface area contributed by atoms with Gasteiger partial charge in [0.15, 0.2) is 12.4 Å². The van der Waals surface area contributed by atoms with E-state index in [0.29, 0.717) is 22.4 Å². The number of nitrogens with one attached hydrogen (secondary N) is 1. The van der Waals surface area contributed by atoms with Gasteiger partial charge in [0.05, 0.1) is 11.6 Å². The molecule has 0 aliphatic carbocycles. The molecule has 2 aromatic heterocycles. The van der Waals surface area contributed by atoms with Gasteiger partial charge in [-0.05, 0) is 62.2 Å². The lowest BCUT2D eigenvalue weighted by Crippen LogP contribution is -2.22. The number of hydrogen-bond donors (Lipinski definition) is 1. The quantitative estimate of drug-likeness (QED) is 0.507. The van der Waals surface area contributed by atoms with Crippen LogP contribution < -0.4 is 15.5 Å². The Morgan fingerprint density at radius 2 is 1.80 bits per heavy atom. The molecule has 0 radical (unpaired) electrons. The number of anilines is 1. The largest absolute Gasteiger partial charge is 0.476 e. The Bertz CT molecular complexity index is 1270. The minimum absolute atomic E-state index is 0.0542. The monoisotopic (exact) mass is 403 g/mol. The van der Waals surface area contributed by atoms with Crippen molar-refractivity contribution in [1.29, 1.82) is 0 Å². The van der Waals surface area contributed by atoms with Crippen molar-refractivity contribution in [3.63, 3.8) is 0 Å². The lowest BCUT2D eigenvalue weighted by molar-refractivity contribution is -0.118. The van der Waals surface area contributed by atoms with Crippen molar-refractivity contribution in [2.24, 2.45) is 0 Å². The summed E-state index contributed by atoms with van der Waals surface area (Å²) in [5.41, 5.74) is 3.62. The van der Waals surface area contributed by atoms with Crippen LogP contribution in [0.15, 0.2) is 68.4 Å². The average Bonchev–Trinajstić information content (AvgIpc) is 3.24. The zero-order valence-corrected chi connectivity index (χ0v) is 16.9. The normalized spacial score (nSPS) is 10.9. The number of carbonyl (C=O) groups is 1. The molecule has 0 aliphatic rings. The molecule has 6 heteroatoms. The maximum Gasteiger partial charge on any atom is 0.262 e.